The zero-order chi connectivity index (χ0) is 14.5. The highest BCUT2D eigenvalue weighted by atomic mass is 35.5. The van der Waals surface area contributed by atoms with Crippen molar-refractivity contribution in [1.82, 2.24) is 15.0 Å². The maximum absolute atomic E-state index is 5.84. The number of nitrogen functional groups attached to an aromatic ring is 1. The Kier molecular flexibility index (Phi) is 4.54. The molecule has 8 heteroatoms. The molecule has 2 aromatic rings. The quantitative estimate of drug-likeness (QED) is 0.568. The Morgan fingerprint density at radius 2 is 1.75 bits per heavy atom. The highest BCUT2D eigenvalue weighted by Crippen LogP contribution is 2.13. The van der Waals surface area contributed by atoms with Gasteiger partial charge in [-0.2, -0.15) is 15.0 Å². The second-order valence-electron chi connectivity index (χ2n) is 4.30. The van der Waals surface area contributed by atoms with Crippen molar-refractivity contribution in [3.8, 4) is 0 Å². The van der Waals surface area contributed by atoms with E-state index >= 15 is 0 Å². The Morgan fingerprint density at radius 3 is 2.35 bits per heavy atom. The van der Waals surface area contributed by atoms with Gasteiger partial charge in [0.1, 0.15) is 0 Å². The second kappa shape index (κ2) is 6.36. The molecule has 7 nitrogen and oxygen atoms in total. The van der Waals surface area contributed by atoms with E-state index in [-0.39, 0.29) is 0 Å². The van der Waals surface area contributed by atoms with Gasteiger partial charge in [0.25, 0.3) is 0 Å². The molecule has 0 saturated heterocycles. The average molecular weight is 294 g/mol. The number of hydrogen-bond acceptors (Lipinski definition) is 7. The summed E-state index contributed by atoms with van der Waals surface area (Å²) in [5.74, 6) is 6.63. The van der Waals surface area contributed by atoms with Gasteiger partial charge in [-0.05, 0) is 17.7 Å². The maximum atomic E-state index is 5.84. The molecular weight excluding hydrogens is 278 g/mol. The predicted octanol–water partition coefficient (Wildman–Crippen LogP) is 1.49. The van der Waals surface area contributed by atoms with Gasteiger partial charge in [0.05, 0.1) is 0 Å². The second-order valence-corrected chi connectivity index (χ2v) is 4.74. The molecule has 0 unspecified atom stereocenters. The number of rotatable bonds is 5. The minimum atomic E-state index is 0.308. The van der Waals surface area contributed by atoms with Gasteiger partial charge in [0.2, 0.25) is 17.8 Å². The van der Waals surface area contributed by atoms with Crippen LogP contribution in [0.1, 0.15) is 5.56 Å². The first kappa shape index (κ1) is 14.3. The lowest BCUT2D eigenvalue weighted by Gasteiger charge is -2.13. The van der Waals surface area contributed by atoms with Crippen molar-refractivity contribution in [3.05, 3.63) is 34.9 Å². The van der Waals surface area contributed by atoms with Crippen LogP contribution in [0.25, 0.3) is 0 Å². The minimum Gasteiger partial charge on any atom is -0.350 e. The van der Waals surface area contributed by atoms with Crippen LogP contribution in [0.5, 0.6) is 0 Å². The fourth-order valence-corrected chi connectivity index (χ4v) is 1.62. The van der Waals surface area contributed by atoms with Gasteiger partial charge in [-0.1, -0.05) is 23.7 Å². The van der Waals surface area contributed by atoms with Crippen LogP contribution in [0.15, 0.2) is 24.3 Å². The molecule has 0 spiro atoms. The molecule has 0 amide bonds. The number of aromatic nitrogens is 3. The van der Waals surface area contributed by atoms with Gasteiger partial charge in [0, 0.05) is 25.7 Å². The van der Waals surface area contributed by atoms with Gasteiger partial charge in [-0.3, -0.25) is 5.43 Å². The SMILES string of the molecule is CN(C)c1nc(NN)nc(NCc2ccc(Cl)cc2)n1. The molecule has 0 atom stereocenters. The van der Waals surface area contributed by atoms with Gasteiger partial charge < -0.3 is 10.2 Å². The Labute approximate surface area is 122 Å². The molecule has 20 heavy (non-hydrogen) atoms. The van der Waals surface area contributed by atoms with Crippen molar-refractivity contribution in [2.75, 3.05) is 29.7 Å². The van der Waals surface area contributed by atoms with Crippen LogP contribution in [0, 0.1) is 0 Å². The van der Waals surface area contributed by atoms with E-state index in [4.69, 9.17) is 17.4 Å². The normalized spacial score (nSPS) is 10.2. The van der Waals surface area contributed by atoms with Crippen LogP contribution in [0.3, 0.4) is 0 Å². The monoisotopic (exact) mass is 293 g/mol. The third-order valence-electron chi connectivity index (χ3n) is 2.52. The van der Waals surface area contributed by atoms with E-state index in [1.54, 1.807) is 4.90 Å². The molecule has 0 fully saturated rings. The number of hydrogen-bond donors (Lipinski definition) is 3. The van der Waals surface area contributed by atoms with E-state index in [2.05, 4.69) is 25.7 Å². The fourth-order valence-electron chi connectivity index (χ4n) is 1.49. The van der Waals surface area contributed by atoms with Gasteiger partial charge in [0.15, 0.2) is 0 Å². The zero-order valence-corrected chi connectivity index (χ0v) is 12.0. The average Bonchev–Trinajstić information content (AvgIpc) is 2.46. The van der Waals surface area contributed by atoms with Crippen LogP contribution >= 0.6 is 11.6 Å². The van der Waals surface area contributed by atoms with E-state index in [9.17, 15) is 0 Å². The van der Waals surface area contributed by atoms with Crippen LogP contribution in [0.4, 0.5) is 17.8 Å². The first-order valence-corrected chi connectivity index (χ1v) is 6.34. The van der Waals surface area contributed by atoms with E-state index in [0.29, 0.717) is 29.4 Å². The zero-order valence-electron chi connectivity index (χ0n) is 11.3. The molecule has 0 aliphatic heterocycles. The molecule has 0 bridgehead atoms. The van der Waals surface area contributed by atoms with Crippen molar-refractivity contribution in [2.45, 2.75) is 6.54 Å². The van der Waals surface area contributed by atoms with Gasteiger partial charge >= 0.3 is 0 Å². The largest absolute Gasteiger partial charge is 0.350 e. The number of benzene rings is 1. The van der Waals surface area contributed by atoms with Crippen LogP contribution in [-0.2, 0) is 6.54 Å². The summed E-state index contributed by atoms with van der Waals surface area (Å²) in [6, 6.07) is 7.55. The molecule has 4 N–H and O–H groups in total. The standard InChI is InChI=1S/C12H16ClN7/c1-20(2)12-17-10(16-11(18-12)19-14)15-7-8-3-5-9(13)6-4-8/h3-6H,7,14H2,1-2H3,(H2,15,16,17,18,19). The lowest BCUT2D eigenvalue weighted by atomic mass is 10.2. The van der Waals surface area contributed by atoms with Crippen molar-refractivity contribution in [3.63, 3.8) is 0 Å². The summed E-state index contributed by atoms with van der Waals surface area (Å²) in [5.41, 5.74) is 3.49. The number of halogens is 1. The van der Waals surface area contributed by atoms with Gasteiger partial charge in [-0.25, -0.2) is 5.84 Å². The summed E-state index contributed by atoms with van der Waals surface area (Å²) in [7, 11) is 3.69. The summed E-state index contributed by atoms with van der Waals surface area (Å²) in [6.07, 6.45) is 0. The minimum absolute atomic E-state index is 0.308. The summed E-state index contributed by atoms with van der Waals surface area (Å²) in [5, 5.41) is 3.83. The Balaban J connectivity index is 2.12. The van der Waals surface area contributed by atoms with Crippen molar-refractivity contribution < 1.29 is 0 Å². The smallest absolute Gasteiger partial charge is 0.243 e. The highest BCUT2D eigenvalue weighted by molar-refractivity contribution is 6.30. The third kappa shape index (κ3) is 3.69. The van der Waals surface area contributed by atoms with E-state index in [1.165, 1.54) is 0 Å². The highest BCUT2D eigenvalue weighted by Gasteiger charge is 2.07. The molecule has 1 aromatic carbocycles. The molecule has 0 aliphatic carbocycles. The maximum Gasteiger partial charge on any atom is 0.243 e. The topological polar surface area (TPSA) is 92.0 Å². The lowest BCUT2D eigenvalue weighted by molar-refractivity contribution is 0.939. The summed E-state index contributed by atoms with van der Waals surface area (Å²) >= 11 is 5.84. The summed E-state index contributed by atoms with van der Waals surface area (Å²) in [4.78, 5) is 14.3. The lowest BCUT2D eigenvalue weighted by Crippen LogP contribution is -2.19. The van der Waals surface area contributed by atoms with Crippen molar-refractivity contribution >= 4 is 29.4 Å². The number of hydrazine groups is 1. The molecule has 0 radical (unpaired) electrons. The van der Waals surface area contributed by atoms with Crippen molar-refractivity contribution in [1.29, 1.82) is 0 Å². The molecule has 1 aromatic heterocycles. The van der Waals surface area contributed by atoms with Crippen LogP contribution in [-0.4, -0.2) is 29.0 Å². The molecule has 0 aliphatic rings. The molecule has 106 valence electrons. The number of nitrogens with one attached hydrogen (secondary N) is 2. The van der Waals surface area contributed by atoms with E-state index in [1.807, 2.05) is 38.4 Å². The third-order valence-corrected chi connectivity index (χ3v) is 2.77. The first-order chi connectivity index (χ1) is 9.58. The predicted molar refractivity (Wildman–Crippen MR) is 80.7 cm³/mol. The van der Waals surface area contributed by atoms with E-state index in [0.717, 1.165) is 5.56 Å². The summed E-state index contributed by atoms with van der Waals surface area (Å²) in [6.45, 7) is 0.581. The first-order valence-electron chi connectivity index (χ1n) is 5.97. The number of nitrogens with two attached hydrogens (primary N) is 1. The fraction of sp³-hybridized carbons (Fsp3) is 0.250. The number of anilines is 3. The Hall–Kier alpha value is -2.12. The van der Waals surface area contributed by atoms with Crippen LogP contribution < -0.4 is 21.5 Å². The molecule has 0 saturated carbocycles. The molecule has 1 heterocycles. The van der Waals surface area contributed by atoms with Crippen LogP contribution in [0.2, 0.25) is 5.02 Å². The molecular formula is C12H16ClN7. The Morgan fingerprint density at radius 1 is 1.10 bits per heavy atom. The van der Waals surface area contributed by atoms with Crippen molar-refractivity contribution in [2.24, 2.45) is 5.84 Å². The summed E-state index contributed by atoms with van der Waals surface area (Å²) < 4.78 is 0. The number of nitrogens with zero attached hydrogens (tertiary/aromatic N) is 4. The molecule has 2 rings (SSSR count). The Bertz CT molecular complexity index is 571. The van der Waals surface area contributed by atoms with E-state index < -0.39 is 0 Å². The van der Waals surface area contributed by atoms with Gasteiger partial charge in [-0.15, -0.1) is 0 Å².